The van der Waals surface area contributed by atoms with E-state index < -0.39 is 13.1 Å². The summed E-state index contributed by atoms with van der Waals surface area (Å²) in [6.07, 6.45) is 0. The molecule has 0 saturated carbocycles. The van der Waals surface area contributed by atoms with Gasteiger partial charge in [0.1, 0.15) is 11.6 Å². The van der Waals surface area contributed by atoms with E-state index in [1.807, 2.05) is 0 Å². The zero-order valence-corrected chi connectivity index (χ0v) is 6.44. The summed E-state index contributed by atoms with van der Waals surface area (Å²) in [6.45, 7) is 0. The van der Waals surface area contributed by atoms with Crippen molar-refractivity contribution in [3.63, 3.8) is 0 Å². The fraction of sp³-hybridized carbons (Fsp3) is 0. The van der Waals surface area contributed by atoms with E-state index in [0.717, 1.165) is 12.1 Å². The first-order chi connectivity index (χ1) is 6.11. The monoisotopic (exact) mass is 181 g/mol. The molecule has 0 heterocycles. The third-order valence-corrected chi connectivity index (χ3v) is 1.24. The maximum Gasteiger partial charge on any atom is 0.707 e. The summed E-state index contributed by atoms with van der Waals surface area (Å²) in [6, 6.07) is 4.85. The van der Waals surface area contributed by atoms with Gasteiger partial charge in [0, 0.05) is 6.07 Å². The Labute approximate surface area is 74.0 Å². The molecule has 0 atom stereocenters. The average Bonchev–Trinajstić information content (AvgIpc) is 2.01. The van der Waals surface area contributed by atoms with Gasteiger partial charge in [0.25, 0.3) is 0 Å². The van der Waals surface area contributed by atoms with Crippen LogP contribution in [0.4, 0.5) is 4.39 Å². The lowest BCUT2D eigenvalue weighted by Crippen LogP contribution is -2.20. The van der Waals surface area contributed by atoms with E-state index in [1.165, 1.54) is 6.07 Å². The van der Waals surface area contributed by atoms with Gasteiger partial charge in [-0.3, -0.25) is 0 Å². The van der Waals surface area contributed by atoms with Crippen LogP contribution in [0.15, 0.2) is 18.2 Å². The van der Waals surface area contributed by atoms with E-state index in [-0.39, 0.29) is 11.3 Å². The van der Waals surface area contributed by atoms with Gasteiger partial charge in [0.15, 0.2) is 0 Å². The van der Waals surface area contributed by atoms with E-state index in [1.54, 1.807) is 6.07 Å². The van der Waals surface area contributed by atoms with E-state index >= 15 is 0 Å². The van der Waals surface area contributed by atoms with Crippen molar-refractivity contribution in [1.82, 2.24) is 0 Å². The Morgan fingerprint density at radius 2 is 2.08 bits per heavy atom. The molecule has 1 rings (SSSR count). The molecule has 0 radical (unpaired) electrons. The summed E-state index contributed by atoms with van der Waals surface area (Å²) in [5.74, 6) is -0.777. The quantitative estimate of drug-likeness (QED) is 0.631. The Hall–Kier alpha value is -1.58. The molecule has 0 fully saturated rings. The molecule has 4 nitrogen and oxygen atoms in total. The van der Waals surface area contributed by atoms with Gasteiger partial charge in [0.2, 0.25) is 0 Å². The van der Waals surface area contributed by atoms with Gasteiger partial charge < -0.3 is 14.7 Å². The van der Waals surface area contributed by atoms with Crippen LogP contribution in [0.5, 0.6) is 5.75 Å². The van der Waals surface area contributed by atoms with Crippen LogP contribution >= 0.6 is 0 Å². The molecule has 1 aromatic carbocycles. The Morgan fingerprint density at radius 3 is 2.62 bits per heavy atom. The molecule has 0 spiro atoms. The molecule has 0 amide bonds. The molecule has 0 aliphatic carbocycles. The summed E-state index contributed by atoms with van der Waals surface area (Å²) in [5, 5.41) is 25.2. The first kappa shape index (κ1) is 9.51. The van der Waals surface area contributed by atoms with Crippen molar-refractivity contribution in [1.29, 1.82) is 5.26 Å². The number of hydrogen-bond acceptors (Lipinski definition) is 4. The van der Waals surface area contributed by atoms with Gasteiger partial charge in [-0.05, 0) is 12.1 Å². The smallest absolute Gasteiger partial charge is 0.512 e. The maximum atomic E-state index is 12.7. The van der Waals surface area contributed by atoms with Crippen LogP contribution < -0.4 is 4.65 Å². The van der Waals surface area contributed by atoms with E-state index in [4.69, 9.17) is 15.3 Å². The van der Waals surface area contributed by atoms with E-state index in [2.05, 4.69) is 4.65 Å². The molecular weight excluding hydrogens is 176 g/mol. The number of nitrogens with zero attached hydrogens (tertiary/aromatic N) is 1. The predicted molar refractivity (Wildman–Crippen MR) is 41.9 cm³/mol. The lowest BCUT2D eigenvalue weighted by molar-refractivity contribution is 0.287. The SMILES string of the molecule is N#Cc1cc(F)cc(OB(O)O)c1. The van der Waals surface area contributed by atoms with E-state index in [0.29, 0.717) is 0 Å². The van der Waals surface area contributed by atoms with Crippen molar-refractivity contribution in [2.75, 3.05) is 0 Å². The number of halogens is 1. The summed E-state index contributed by atoms with van der Waals surface area (Å²) in [7, 11) is -2.02. The minimum atomic E-state index is -2.02. The Bertz CT molecular complexity index is 350. The first-order valence-electron chi connectivity index (χ1n) is 3.35. The second-order valence-corrected chi connectivity index (χ2v) is 2.23. The summed E-state index contributed by atoms with van der Waals surface area (Å²) < 4.78 is 17.0. The number of benzene rings is 1. The highest BCUT2D eigenvalue weighted by molar-refractivity contribution is 6.33. The number of nitriles is 1. The van der Waals surface area contributed by atoms with Crippen molar-refractivity contribution < 1.29 is 19.1 Å². The highest BCUT2D eigenvalue weighted by Gasteiger charge is 2.12. The average molecular weight is 181 g/mol. The fourth-order valence-electron chi connectivity index (χ4n) is 0.817. The first-order valence-corrected chi connectivity index (χ1v) is 3.35. The molecular formula is C7H5BFNO3. The Morgan fingerprint density at radius 1 is 1.38 bits per heavy atom. The standard InChI is InChI=1S/C7H5BFNO3/c9-6-1-5(4-10)2-7(3-6)13-8(11)12/h1-3,11-12H. The lowest BCUT2D eigenvalue weighted by atomic mass is 10.2. The summed E-state index contributed by atoms with van der Waals surface area (Å²) in [5.41, 5.74) is 0.0515. The third-order valence-electron chi connectivity index (χ3n) is 1.24. The van der Waals surface area contributed by atoms with Crippen LogP contribution in [0.3, 0.4) is 0 Å². The van der Waals surface area contributed by atoms with Crippen LogP contribution in [0.1, 0.15) is 5.56 Å². The van der Waals surface area contributed by atoms with Crippen LogP contribution in [-0.4, -0.2) is 17.4 Å². The topological polar surface area (TPSA) is 73.5 Å². The minimum Gasteiger partial charge on any atom is -0.512 e. The molecule has 1 aromatic rings. The molecule has 0 aliphatic heterocycles. The van der Waals surface area contributed by atoms with Crippen molar-refractivity contribution in [2.24, 2.45) is 0 Å². The molecule has 2 N–H and O–H groups in total. The van der Waals surface area contributed by atoms with Crippen LogP contribution in [0, 0.1) is 17.1 Å². The summed E-state index contributed by atoms with van der Waals surface area (Å²) in [4.78, 5) is 0. The van der Waals surface area contributed by atoms with Crippen molar-refractivity contribution >= 4 is 7.32 Å². The molecule has 0 saturated heterocycles. The molecule has 0 unspecified atom stereocenters. The largest absolute Gasteiger partial charge is 0.707 e. The van der Waals surface area contributed by atoms with Crippen LogP contribution in [0.2, 0.25) is 0 Å². The van der Waals surface area contributed by atoms with Gasteiger partial charge in [-0.1, -0.05) is 0 Å². The molecule has 13 heavy (non-hydrogen) atoms. The van der Waals surface area contributed by atoms with Gasteiger partial charge >= 0.3 is 7.32 Å². The van der Waals surface area contributed by atoms with Crippen molar-refractivity contribution in [3.05, 3.63) is 29.6 Å². The molecule has 0 aromatic heterocycles. The second kappa shape index (κ2) is 3.89. The number of hydrogen-bond donors (Lipinski definition) is 2. The van der Waals surface area contributed by atoms with Crippen molar-refractivity contribution in [3.8, 4) is 11.8 Å². The molecule has 0 aliphatic rings. The predicted octanol–water partition coefficient (Wildman–Crippen LogP) is 0.0457. The number of rotatable bonds is 2. The highest BCUT2D eigenvalue weighted by atomic mass is 19.1. The molecule has 0 bridgehead atoms. The van der Waals surface area contributed by atoms with Gasteiger partial charge in [0.05, 0.1) is 11.6 Å². The van der Waals surface area contributed by atoms with Gasteiger partial charge in [-0.2, -0.15) is 5.26 Å². The third kappa shape index (κ3) is 2.74. The van der Waals surface area contributed by atoms with Crippen LogP contribution in [-0.2, 0) is 0 Å². The maximum absolute atomic E-state index is 12.7. The fourth-order valence-corrected chi connectivity index (χ4v) is 0.817. The highest BCUT2D eigenvalue weighted by Crippen LogP contribution is 2.15. The van der Waals surface area contributed by atoms with Crippen molar-refractivity contribution in [2.45, 2.75) is 0 Å². The zero-order chi connectivity index (χ0) is 9.84. The normalized spacial score (nSPS) is 9.08. The zero-order valence-electron chi connectivity index (χ0n) is 6.44. The van der Waals surface area contributed by atoms with Crippen LogP contribution in [0.25, 0.3) is 0 Å². The summed E-state index contributed by atoms with van der Waals surface area (Å²) >= 11 is 0. The molecule has 6 heteroatoms. The minimum absolute atomic E-state index is 0.0515. The van der Waals surface area contributed by atoms with Gasteiger partial charge in [-0.15, -0.1) is 0 Å². The Kier molecular flexibility index (Phi) is 2.85. The Balaban J connectivity index is 2.96. The molecule has 66 valence electrons. The van der Waals surface area contributed by atoms with Gasteiger partial charge in [-0.25, -0.2) is 4.39 Å². The van der Waals surface area contributed by atoms with E-state index in [9.17, 15) is 4.39 Å². The lowest BCUT2D eigenvalue weighted by Gasteiger charge is -2.04. The second-order valence-electron chi connectivity index (χ2n) is 2.23.